The molecule has 0 saturated heterocycles. The zero-order valence-electron chi connectivity index (χ0n) is 16.9. The largest absolute Gasteiger partial charge is 0.461 e. The van der Waals surface area contributed by atoms with Gasteiger partial charge in [-0.1, -0.05) is 30.0 Å². The average molecular weight is 419 g/mol. The number of hydrogen-bond acceptors (Lipinski definition) is 5. The number of nitrogens with zero attached hydrogens (tertiary/aromatic N) is 4. The van der Waals surface area contributed by atoms with E-state index in [0.717, 1.165) is 22.6 Å². The predicted octanol–water partition coefficient (Wildman–Crippen LogP) is 5.26. The molecule has 0 N–H and O–H groups in total. The Hall–Kier alpha value is -3.06. The third kappa shape index (κ3) is 3.39. The van der Waals surface area contributed by atoms with Gasteiger partial charge < -0.3 is 8.98 Å². The number of hydrogen-bond donors (Lipinski definition) is 0. The Morgan fingerprint density at radius 2 is 1.93 bits per heavy atom. The van der Waals surface area contributed by atoms with Crippen molar-refractivity contribution in [2.75, 3.05) is 5.75 Å². The number of para-hydroxylation sites is 1. The van der Waals surface area contributed by atoms with Crippen LogP contribution in [0.4, 0.5) is 0 Å². The Morgan fingerprint density at radius 1 is 1.13 bits per heavy atom. The first-order valence-electron chi connectivity index (χ1n) is 10.0. The van der Waals surface area contributed by atoms with E-state index in [9.17, 15) is 4.79 Å². The average Bonchev–Trinajstić information content (AvgIpc) is 3.16. The second-order valence-electron chi connectivity index (χ2n) is 7.55. The molecular weight excluding hydrogens is 396 g/mol. The van der Waals surface area contributed by atoms with Crippen molar-refractivity contribution in [3.63, 3.8) is 0 Å². The van der Waals surface area contributed by atoms with Crippen LogP contribution in [0.1, 0.15) is 40.6 Å². The van der Waals surface area contributed by atoms with Crippen LogP contribution in [-0.4, -0.2) is 30.9 Å². The van der Waals surface area contributed by atoms with Gasteiger partial charge in [-0.3, -0.25) is 9.36 Å². The summed E-state index contributed by atoms with van der Waals surface area (Å²) < 4.78 is 9.79. The smallest absolute Gasteiger partial charge is 0.205 e. The summed E-state index contributed by atoms with van der Waals surface area (Å²) in [6.45, 7) is 4.13. The predicted molar refractivity (Wildman–Crippen MR) is 116 cm³/mol. The molecule has 3 heterocycles. The van der Waals surface area contributed by atoms with Crippen molar-refractivity contribution in [3.8, 4) is 17.3 Å². The van der Waals surface area contributed by atoms with Crippen molar-refractivity contribution in [3.05, 3.63) is 71.7 Å². The van der Waals surface area contributed by atoms with Gasteiger partial charge in [0.2, 0.25) is 5.82 Å². The lowest BCUT2D eigenvalue weighted by atomic mass is 10.2. The van der Waals surface area contributed by atoms with Gasteiger partial charge in [-0.2, -0.15) is 0 Å². The maximum absolute atomic E-state index is 13.0. The van der Waals surface area contributed by atoms with Gasteiger partial charge in [0.25, 0.3) is 0 Å². The van der Waals surface area contributed by atoms with Crippen molar-refractivity contribution in [2.24, 2.45) is 0 Å². The molecule has 0 amide bonds. The molecule has 0 atom stereocenters. The molecule has 1 saturated carbocycles. The lowest BCUT2D eigenvalue weighted by molar-refractivity contribution is 0.102. The molecule has 5 rings (SSSR count). The minimum Gasteiger partial charge on any atom is -0.461 e. The van der Waals surface area contributed by atoms with Crippen LogP contribution < -0.4 is 0 Å². The van der Waals surface area contributed by atoms with Crippen molar-refractivity contribution >= 4 is 17.5 Å². The second kappa shape index (κ2) is 7.65. The van der Waals surface area contributed by atoms with E-state index in [1.54, 1.807) is 6.26 Å². The Balaban J connectivity index is 1.43. The van der Waals surface area contributed by atoms with E-state index in [1.807, 2.05) is 60.0 Å². The van der Waals surface area contributed by atoms with E-state index in [-0.39, 0.29) is 5.78 Å². The van der Waals surface area contributed by atoms with Gasteiger partial charge >= 0.3 is 0 Å². The molecule has 0 bridgehead atoms. The fourth-order valence-corrected chi connectivity index (χ4v) is 4.74. The number of ketones is 1. The summed E-state index contributed by atoms with van der Waals surface area (Å²) in [7, 11) is 0. The van der Waals surface area contributed by atoms with Gasteiger partial charge in [0.1, 0.15) is 0 Å². The molecule has 0 aliphatic heterocycles. The molecule has 3 aromatic heterocycles. The first-order valence-corrected chi connectivity index (χ1v) is 11.0. The first-order chi connectivity index (χ1) is 14.6. The molecule has 1 fully saturated rings. The van der Waals surface area contributed by atoms with E-state index in [4.69, 9.17) is 4.42 Å². The van der Waals surface area contributed by atoms with Gasteiger partial charge in [-0.05, 0) is 57.0 Å². The Labute approximate surface area is 178 Å². The maximum Gasteiger partial charge on any atom is 0.205 e. The fourth-order valence-electron chi connectivity index (χ4n) is 3.90. The molecular formula is C23H22N4O2S. The van der Waals surface area contributed by atoms with E-state index < -0.39 is 0 Å². The number of thioether (sulfide) groups is 1. The highest BCUT2D eigenvalue weighted by Crippen LogP contribution is 2.38. The summed E-state index contributed by atoms with van der Waals surface area (Å²) in [5.41, 5.74) is 3.97. The number of benzene rings is 1. The molecule has 4 aromatic rings. The third-order valence-electron chi connectivity index (χ3n) is 5.42. The summed E-state index contributed by atoms with van der Waals surface area (Å²) in [6.07, 6.45) is 4.02. The van der Waals surface area contributed by atoms with Crippen LogP contribution in [0.5, 0.6) is 0 Å². The van der Waals surface area contributed by atoms with Crippen LogP contribution >= 0.6 is 11.8 Å². The Bertz CT molecular complexity index is 1190. The first kappa shape index (κ1) is 18.9. The SMILES string of the molecule is Cc1cc(C(=O)CSc2nnc(-c3ccco3)n2-c2ccccc2)c(C)n1C1CC1. The van der Waals surface area contributed by atoms with Gasteiger partial charge in [0, 0.05) is 28.7 Å². The summed E-state index contributed by atoms with van der Waals surface area (Å²) in [5.74, 6) is 1.67. The summed E-state index contributed by atoms with van der Waals surface area (Å²) >= 11 is 1.40. The van der Waals surface area contributed by atoms with Crippen LogP contribution in [0.2, 0.25) is 0 Å². The highest BCUT2D eigenvalue weighted by atomic mass is 32.2. The lowest BCUT2D eigenvalue weighted by Crippen LogP contribution is -2.07. The van der Waals surface area contributed by atoms with Crippen LogP contribution in [0.15, 0.2) is 64.4 Å². The van der Waals surface area contributed by atoms with Crippen molar-refractivity contribution in [1.82, 2.24) is 19.3 Å². The van der Waals surface area contributed by atoms with Gasteiger partial charge in [-0.15, -0.1) is 10.2 Å². The van der Waals surface area contributed by atoms with Gasteiger partial charge in [0.15, 0.2) is 16.7 Å². The highest BCUT2D eigenvalue weighted by Gasteiger charge is 2.28. The normalized spacial score (nSPS) is 13.7. The highest BCUT2D eigenvalue weighted by molar-refractivity contribution is 7.99. The molecule has 6 nitrogen and oxygen atoms in total. The van der Waals surface area contributed by atoms with Gasteiger partial charge in [0.05, 0.1) is 12.0 Å². The van der Waals surface area contributed by atoms with Crippen LogP contribution in [0.25, 0.3) is 17.3 Å². The second-order valence-corrected chi connectivity index (χ2v) is 8.49. The third-order valence-corrected chi connectivity index (χ3v) is 6.35. The summed E-state index contributed by atoms with van der Waals surface area (Å²) in [4.78, 5) is 13.0. The minimum absolute atomic E-state index is 0.113. The monoisotopic (exact) mass is 418 g/mol. The molecule has 1 aliphatic carbocycles. The lowest BCUT2D eigenvalue weighted by Gasteiger charge is -2.09. The zero-order valence-corrected chi connectivity index (χ0v) is 17.7. The number of carbonyl (C=O) groups excluding carboxylic acids is 1. The number of furan rings is 1. The molecule has 152 valence electrons. The van der Waals surface area contributed by atoms with Crippen LogP contribution in [0.3, 0.4) is 0 Å². The molecule has 0 spiro atoms. The van der Waals surface area contributed by atoms with Crippen molar-refractivity contribution in [2.45, 2.75) is 37.9 Å². The summed E-state index contributed by atoms with van der Waals surface area (Å²) in [5, 5.41) is 9.36. The molecule has 30 heavy (non-hydrogen) atoms. The van der Waals surface area contributed by atoms with E-state index in [0.29, 0.717) is 28.5 Å². The molecule has 1 aromatic carbocycles. The van der Waals surface area contributed by atoms with Crippen molar-refractivity contribution < 1.29 is 9.21 Å². The van der Waals surface area contributed by atoms with E-state index in [2.05, 4.69) is 21.7 Å². The Morgan fingerprint density at radius 3 is 2.63 bits per heavy atom. The van der Waals surface area contributed by atoms with Crippen LogP contribution in [-0.2, 0) is 0 Å². The van der Waals surface area contributed by atoms with Crippen LogP contribution in [0, 0.1) is 13.8 Å². The van der Waals surface area contributed by atoms with Crippen molar-refractivity contribution in [1.29, 1.82) is 0 Å². The minimum atomic E-state index is 0.113. The summed E-state index contributed by atoms with van der Waals surface area (Å²) in [6, 6.07) is 16.1. The number of aryl methyl sites for hydroxylation is 1. The number of rotatable bonds is 7. The molecule has 0 radical (unpaired) electrons. The fraction of sp³-hybridized carbons (Fsp3) is 0.261. The van der Waals surface area contributed by atoms with E-state index >= 15 is 0 Å². The standard InChI is InChI=1S/C23H22N4O2S/c1-15-13-19(16(2)26(15)18-10-11-18)20(28)14-30-23-25-24-22(21-9-6-12-29-21)27(23)17-7-4-3-5-8-17/h3-9,12-13,18H,10-11,14H2,1-2H3. The maximum atomic E-state index is 13.0. The molecule has 0 unspecified atom stereocenters. The molecule has 7 heteroatoms. The number of aromatic nitrogens is 4. The Kier molecular flexibility index (Phi) is 4.83. The number of carbonyl (C=O) groups is 1. The number of Topliss-reactive ketones (excluding diaryl/α,β-unsaturated/α-hetero) is 1. The van der Waals surface area contributed by atoms with Gasteiger partial charge in [-0.25, -0.2) is 0 Å². The van der Waals surface area contributed by atoms with E-state index in [1.165, 1.54) is 24.6 Å². The quantitative estimate of drug-likeness (QED) is 0.303. The zero-order chi connectivity index (χ0) is 20.7. The molecule has 1 aliphatic rings. The topological polar surface area (TPSA) is 65.8 Å².